The highest BCUT2D eigenvalue weighted by Gasteiger charge is 2.24. The number of nitrogens with zero attached hydrogens (tertiary/aromatic N) is 2. The largest absolute Gasteiger partial charge is 0.460 e. The summed E-state index contributed by atoms with van der Waals surface area (Å²) in [6.07, 6.45) is 1.57. The van der Waals surface area contributed by atoms with Gasteiger partial charge in [-0.3, -0.25) is 14.5 Å². The second-order valence-corrected chi connectivity index (χ2v) is 7.61. The van der Waals surface area contributed by atoms with E-state index >= 15 is 0 Å². The van der Waals surface area contributed by atoms with Gasteiger partial charge in [-0.2, -0.15) is 0 Å². The van der Waals surface area contributed by atoms with E-state index in [0.717, 1.165) is 17.4 Å². The number of rotatable bonds is 5. The summed E-state index contributed by atoms with van der Waals surface area (Å²) in [5, 5.41) is 5.65. The van der Waals surface area contributed by atoms with E-state index in [1.807, 2.05) is 29.0 Å². The Bertz CT molecular complexity index is 931. The van der Waals surface area contributed by atoms with Crippen LogP contribution in [-0.4, -0.2) is 23.4 Å². The average molecular weight is 372 g/mol. The molecule has 1 fully saturated rings. The van der Waals surface area contributed by atoms with Crippen LogP contribution in [0, 0.1) is 0 Å². The third-order valence-corrected chi connectivity index (χ3v) is 6.04. The van der Waals surface area contributed by atoms with Gasteiger partial charge in [-0.05, 0) is 23.3 Å². The number of esters is 1. The zero-order valence-corrected chi connectivity index (χ0v) is 15.1. The van der Waals surface area contributed by atoms with Crippen LogP contribution in [-0.2, 0) is 27.4 Å². The maximum absolute atomic E-state index is 12.1. The summed E-state index contributed by atoms with van der Waals surface area (Å²) in [7, 11) is 0. The highest BCUT2D eigenvalue weighted by atomic mass is 32.1. The van der Waals surface area contributed by atoms with Gasteiger partial charge in [-0.25, -0.2) is 4.98 Å². The number of thiophene rings is 1. The second-order valence-electron chi connectivity index (χ2n) is 5.86. The van der Waals surface area contributed by atoms with E-state index in [9.17, 15) is 9.59 Å². The van der Waals surface area contributed by atoms with Gasteiger partial charge >= 0.3 is 5.97 Å². The molecule has 0 bridgehead atoms. The van der Waals surface area contributed by atoms with Crippen LogP contribution in [0.15, 0.2) is 35.0 Å². The standard InChI is InChI=1S/C18H16N2O3S2/c21-16-6-3-7-20(16)18-19-13(11-25-18)8-17(22)23-9-12-10-24-15-5-2-1-4-14(12)15/h1-2,4-5,10-11H,3,6-9H2. The Labute approximate surface area is 152 Å². The van der Waals surface area contributed by atoms with Crippen molar-refractivity contribution in [2.75, 3.05) is 11.4 Å². The summed E-state index contributed by atoms with van der Waals surface area (Å²) in [6, 6.07) is 8.08. The van der Waals surface area contributed by atoms with Crippen LogP contribution in [0.4, 0.5) is 5.13 Å². The van der Waals surface area contributed by atoms with Gasteiger partial charge in [0.05, 0.1) is 12.1 Å². The lowest BCUT2D eigenvalue weighted by atomic mass is 10.2. The summed E-state index contributed by atoms with van der Waals surface area (Å²) in [6.45, 7) is 0.978. The van der Waals surface area contributed by atoms with Crippen LogP contribution < -0.4 is 4.90 Å². The Morgan fingerprint density at radius 3 is 2.96 bits per heavy atom. The van der Waals surface area contributed by atoms with Crippen molar-refractivity contribution >= 4 is 49.8 Å². The van der Waals surface area contributed by atoms with Crippen molar-refractivity contribution in [1.82, 2.24) is 4.98 Å². The minimum absolute atomic E-state index is 0.104. The van der Waals surface area contributed by atoms with Gasteiger partial charge in [-0.1, -0.05) is 18.2 Å². The van der Waals surface area contributed by atoms with Crippen molar-refractivity contribution in [3.8, 4) is 0 Å². The third-order valence-electron chi connectivity index (χ3n) is 4.12. The molecule has 128 valence electrons. The first-order valence-electron chi connectivity index (χ1n) is 8.06. The molecule has 3 aromatic rings. The van der Waals surface area contributed by atoms with Gasteiger partial charge in [-0.15, -0.1) is 22.7 Å². The normalized spacial score (nSPS) is 14.4. The Morgan fingerprint density at radius 1 is 1.24 bits per heavy atom. The zero-order valence-electron chi connectivity index (χ0n) is 13.4. The Balaban J connectivity index is 1.36. The smallest absolute Gasteiger partial charge is 0.312 e. The molecule has 0 aliphatic carbocycles. The number of amides is 1. The molecule has 0 N–H and O–H groups in total. The lowest BCUT2D eigenvalue weighted by molar-refractivity contribution is -0.144. The number of hydrogen-bond acceptors (Lipinski definition) is 6. The lowest BCUT2D eigenvalue weighted by Crippen LogP contribution is -2.23. The average Bonchev–Trinajstić information content (AvgIpc) is 3.32. The van der Waals surface area contributed by atoms with E-state index in [-0.39, 0.29) is 24.9 Å². The minimum atomic E-state index is -0.306. The monoisotopic (exact) mass is 372 g/mol. The van der Waals surface area contributed by atoms with E-state index in [0.29, 0.717) is 23.8 Å². The molecule has 2 aromatic heterocycles. The number of carbonyl (C=O) groups excluding carboxylic acids is 2. The molecule has 4 rings (SSSR count). The number of anilines is 1. The van der Waals surface area contributed by atoms with Crippen molar-refractivity contribution in [2.45, 2.75) is 25.9 Å². The second kappa shape index (κ2) is 6.93. The maximum atomic E-state index is 12.1. The number of ether oxygens (including phenoxy) is 1. The first-order chi connectivity index (χ1) is 12.2. The van der Waals surface area contributed by atoms with Gasteiger partial charge < -0.3 is 4.74 Å². The molecule has 0 spiro atoms. The number of carbonyl (C=O) groups is 2. The van der Waals surface area contributed by atoms with Crippen molar-refractivity contribution in [2.24, 2.45) is 0 Å². The molecule has 1 aromatic carbocycles. The number of fused-ring (bicyclic) bond motifs is 1. The highest BCUT2D eigenvalue weighted by Crippen LogP contribution is 2.27. The third kappa shape index (κ3) is 3.43. The van der Waals surface area contributed by atoms with Gasteiger partial charge in [0.2, 0.25) is 5.91 Å². The quantitative estimate of drug-likeness (QED) is 0.640. The van der Waals surface area contributed by atoms with Crippen LogP contribution in [0.25, 0.3) is 10.1 Å². The van der Waals surface area contributed by atoms with E-state index < -0.39 is 0 Å². The zero-order chi connectivity index (χ0) is 17.2. The predicted octanol–water partition coefficient (Wildman–Crippen LogP) is 3.77. The van der Waals surface area contributed by atoms with Gasteiger partial charge in [0.25, 0.3) is 0 Å². The van der Waals surface area contributed by atoms with Gasteiger partial charge in [0, 0.05) is 28.6 Å². The van der Waals surface area contributed by atoms with Gasteiger partial charge in [0.1, 0.15) is 6.61 Å². The van der Waals surface area contributed by atoms with Crippen LogP contribution in [0.3, 0.4) is 0 Å². The summed E-state index contributed by atoms with van der Waals surface area (Å²) >= 11 is 3.05. The molecule has 0 atom stereocenters. The van der Waals surface area contributed by atoms with Crippen molar-refractivity contribution in [3.63, 3.8) is 0 Å². The Morgan fingerprint density at radius 2 is 2.12 bits per heavy atom. The molecule has 7 heteroatoms. The van der Waals surface area contributed by atoms with Gasteiger partial charge in [0.15, 0.2) is 5.13 Å². The van der Waals surface area contributed by atoms with Crippen LogP contribution in [0.2, 0.25) is 0 Å². The Hall–Kier alpha value is -2.25. The van der Waals surface area contributed by atoms with Crippen molar-refractivity contribution < 1.29 is 14.3 Å². The Kier molecular flexibility index (Phi) is 4.50. The molecule has 5 nitrogen and oxygen atoms in total. The predicted molar refractivity (Wildman–Crippen MR) is 99.0 cm³/mol. The topological polar surface area (TPSA) is 59.5 Å². The molecule has 0 radical (unpaired) electrons. The molecule has 1 amide bonds. The molecule has 1 aliphatic rings. The van der Waals surface area contributed by atoms with Crippen LogP contribution in [0.1, 0.15) is 24.1 Å². The fraction of sp³-hybridized carbons (Fsp3) is 0.278. The molecule has 0 saturated carbocycles. The molecular weight excluding hydrogens is 356 g/mol. The molecule has 3 heterocycles. The lowest BCUT2D eigenvalue weighted by Gasteiger charge is -2.10. The fourth-order valence-electron chi connectivity index (χ4n) is 2.85. The van der Waals surface area contributed by atoms with Crippen LogP contribution >= 0.6 is 22.7 Å². The van der Waals surface area contributed by atoms with E-state index in [2.05, 4.69) is 11.1 Å². The molecule has 1 saturated heterocycles. The first-order valence-corrected chi connectivity index (χ1v) is 9.82. The van der Waals surface area contributed by atoms with Crippen molar-refractivity contribution in [1.29, 1.82) is 0 Å². The summed E-state index contributed by atoms with van der Waals surface area (Å²) < 4.78 is 6.59. The van der Waals surface area contributed by atoms with Crippen LogP contribution in [0.5, 0.6) is 0 Å². The van der Waals surface area contributed by atoms with E-state index in [4.69, 9.17) is 4.74 Å². The maximum Gasteiger partial charge on any atom is 0.312 e. The van der Waals surface area contributed by atoms with E-state index in [1.165, 1.54) is 16.0 Å². The number of thiazole rings is 1. The summed E-state index contributed by atoms with van der Waals surface area (Å²) in [5.41, 5.74) is 1.68. The first kappa shape index (κ1) is 16.2. The fourth-order valence-corrected chi connectivity index (χ4v) is 4.67. The number of benzene rings is 1. The highest BCUT2D eigenvalue weighted by molar-refractivity contribution is 7.17. The van der Waals surface area contributed by atoms with E-state index in [1.54, 1.807) is 16.2 Å². The minimum Gasteiger partial charge on any atom is -0.460 e. The summed E-state index contributed by atoms with van der Waals surface area (Å²) in [4.78, 5) is 29.9. The molecule has 1 aliphatic heterocycles. The molecule has 25 heavy (non-hydrogen) atoms. The number of aromatic nitrogens is 1. The SMILES string of the molecule is O=C(Cc1csc(N2CCCC2=O)n1)OCc1csc2ccccc12. The van der Waals surface area contributed by atoms with Crippen molar-refractivity contribution in [3.05, 3.63) is 46.3 Å². The molecular formula is C18H16N2O3S2. The number of hydrogen-bond donors (Lipinski definition) is 0. The molecule has 0 unspecified atom stereocenters. The summed E-state index contributed by atoms with van der Waals surface area (Å²) in [5.74, 6) is -0.201.